The Hall–Kier alpha value is -1.24. The van der Waals surface area contributed by atoms with Gasteiger partial charge < -0.3 is 5.32 Å². The second-order valence-corrected chi connectivity index (χ2v) is 7.36. The molecule has 1 aromatic carbocycles. The molecule has 2 rings (SSSR count). The maximum atomic E-state index is 11.3. The monoisotopic (exact) mass is 296 g/mol. The number of rotatable bonds is 5. The second-order valence-electron chi connectivity index (χ2n) is 4.42. The molecule has 19 heavy (non-hydrogen) atoms. The molecule has 4 nitrogen and oxygen atoms in total. The lowest BCUT2D eigenvalue weighted by Gasteiger charge is -2.11. The fourth-order valence-electron chi connectivity index (χ4n) is 1.67. The van der Waals surface area contributed by atoms with Crippen molar-refractivity contribution < 1.29 is 8.42 Å². The molecule has 1 unspecified atom stereocenters. The van der Waals surface area contributed by atoms with Gasteiger partial charge in [0.1, 0.15) is 0 Å². The van der Waals surface area contributed by atoms with E-state index < -0.39 is 9.84 Å². The van der Waals surface area contributed by atoms with E-state index in [0.29, 0.717) is 11.4 Å². The van der Waals surface area contributed by atoms with Crippen LogP contribution < -0.4 is 5.32 Å². The quantitative estimate of drug-likeness (QED) is 0.920. The van der Waals surface area contributed by atoms with Gasteiger partial charge in [0.2, 0.25) is 0 Å². The molecule has 2 aromatic rings. The third kappa shape index (κ3) is 3.86. The molecule has 102 valence electrons. The van der Waals surface area contributed by atoms with E-state index in [0.717, 1.165) is 5.56 Å². The molecule has 1 N–H and O–H groups in total. The zero-order valence-electron chi connectivity index (χ0n) is 10.8. The van der Waals surface area contributed by atoms with Gasteiger partial charge in [-0.25, -0.2) is 8.42 Å². The van der Waals surface area contributed by atoms with Crippen molar-refractivity contribution in [3.8, 4) is 0 Å². The van der Waals surface area contributed by atoms with E-state index in [1.165, 1.54) is 11.1 Å². The molecule has 1 aromatic heterocycles. The van der Waals surface area contributed by atoms with Gasteiger partial charge in [0.15, 0.2) is 9.84 Å². The number of aromatic nitrogens is 1. The van der Waals surface area contributed by atoms with Crippen molar-refractivity contribution in [2.45, 2.75) is 24.4 Å². The number of benzene rings is 1. The summed E-state index contributed by atoms with van der Waals surface area (Å²) in [6.07, 6.45) is 3.07. The number of sulfone groups is 1. The topological polar surface area (TPSA) is 59.1 Å². The van der Waals surface area contributed by atoms with E-state index in [2.05, 4.69) is 17.2 Å². The fraction of sp³-hybridized carbons (Fsp3) is 0.308. The first-order valence-electron chi connectivity index (χ1n) is 5.87. The Morgan fingerprint density at radius 1 is 1.32 bits per heavy atom. The summed E-state index contributed by atoms with van der Waals surface area (Å²) in [6.45, 7) is 2.78. The van der Waals surface area contributed by atoms with Crippen molar-refractivity contribution in [1.29, 1.82) is 0 Å². The number of nitrogens with one attached hydrogen (secondary N) is 1. The Kier molecular flexibility index (Phi) is 4.34. The first-order chi connectivity index (χ1) is 8.97. The Morgan fingerprint density at radius 3 is 2.53 bits per heavy atom. The number of nitrogens with zero attached hydrogens (tertiary/aromatic N) is 1. The highest BCUT2D eigenvalue weighted by molar-refractivity contribution is 7.90. The summed E-state index contributed by atoms with van der Waals surface area (Å²) in [7, 11) is -3.11. The van der Waals surface area contributed by atoms with Crippen molar-refractivity contribution in [2.24, 2.45) is 0 Å². The third-order valence-electron chi connectivity index (χ3n) is 2.84. The Morgan fingerprint density at radius 2 is 2.00 bits per heavy atom. The molecule has 0 amide bonds. The molecule has 0 aliphatic rings. The number of thiazole rings is 1. The molecule has 0 bridgehead atoms. The van der Waals surface area contributed by atoms with Crippen LogP contribution in [0, 0.1) is 0 Å². The Bertz CT molecular complexity index is 619. The SMILES string of the molecule is CC(NCc1ccc(S(C)(=O)=O)cc1)c1cncs1. The molecule has 0 aliphatic carbocycles. The summed E-state index contributed by atoms with van der Waals surface area (Å²) in [5.41, 5.74) is 2.87. The standard InChI is InChI=1S/C13H16N2O2S2/c1-10(13-8-14-9-18-13)15-7-11-3-5-12(6-4-11)19(2,16)17/h3-6,8-10,15H,7H2,1-2H3. The van der Waals surface area contributed by atoms with Gasteiger partial charge in [-0.05, 0) is 24.6 Å². The highest BCUT2D eigenvalue weighted by Crippen LogP contribution is 2.17. The Balaban J connectivity index is 1.97. The first-order valence-corrected chi connectivity index (χ1v) is 8.64. The number of hydrogen-bond donors (Lipinski definition) is 1. The number of hydrogen-bond acceptors (Lipinski definition) is 5. The second kappa shape index (κ2) is 5.81. The van der Waals surface area contributed by atoms with Crippen LogP contribution in [0.5, 0.6) is 0 Å². The van der Waals surface area contributed by atoms with Crippen molar-refractivity contribution in [3.05, 3.63) is 46.4 Å². The molecule has 0 fully saturated rings. The van der Waals surface area contributed by atoms with E-state index in [1.807, 2.05) is 23.8 Å². The lowest BCUT2D eigenvalue weighted by Crippen LogP contribution is -2.17. The van der Waals surface area contributed by atoms with Crippen molar-refractivity contribution in [2.75, 3.05) is 6.26 Å². The van der Waals surface area contributed by atoms with Crippen LogP contribution in [0.2, 0.25) is 0 Å². The highest BCUT2D eigenvalue weighted by Gasteiger charge is 2.08. The molecule has 0 spiro atoms. The molecule has 0 saturated carbocycles. The predicted molar refractivity (Wildman–Crippen MR) is 76.9 cm³/mol. The van der Waals surface area contributed by atoms with E-state index in [4.69, 9.17) is 0 Å². The molecule has 0 radical (unpaired) electrons. The summed E-state index contributed by atoms with van der Waals surface area (Å²) in [6, 6.07) is 7.20. The molecule has 1 heterocycles. The van der Waals surface area contributed by atoms with E-state index in [1.54, 1.807) is 23.5 Å². The Labute approximate surface area is 117 Å². The van der Waals surface area contributed by atoms with Crippen LogP contribution in [0.4, 0.5) is 0 Å². The van der Waals surface area contributed by atoms with Gasteiger partial charge in [-0.15, -0.1) is 11.3 Å². The highest BCUT2D eigenvalue weighted by atomic mass is 32.2. The van der Waals surface area contributed by atoms with Crippen LogP contribution in [0.15, 0.2) is 40.9 Å². The van der Waals surface area contributed by atoms with Gasteiger partial charge in [0.25, 0.3) is 0 Å². The van der Waals surface area contributed by atoms with Crippen molar-refractivity contribution in [3.63, 3.8) is 0 Å². The molecule has 6 heteroatoms. The van der Waals surface area contributed by atoms with Gasteiger partial charge in [0.05, 0.1) is 10.4 Å². The van der Waals surface area contributed by atoms with E-state index in [-0.39, 0.29) is 6.04 Å². The zero-order chi connectivity index (χ0) is 13.9. The minimum absolute atomic E-state index is 0.238. The smallest absolute Gasteiger partial charge is 0.175 e. The van der Waals surface area contributed by atoms with Crippen LogP contribution in [-0.2, 0) is 16.4 Å². The van der Waals surface area contributed by atoms with Crippen LogP contribution in [0.1, 0.15) is 23.4 Å². The van der Waals surface area contributed by atoms with Crippen molar-refractivity contribution in [1.82, 2.24) is 10.3 Å². The average Bonchev–Trinajstić information content (AvgIpc) is 2.89. The first kappa shape index (κ1) is 14.2. The normalized spacial score (nSPS) is 13.4. The molecule has 0 aliphatic heterocycles. The molecule has 1 atom stereocenters. The summed E-state index contributed by atoms with van der Waals surface area (Å²) >= 11 is 1.62. The van der Waals surface area contributed by atoms with Gasteiger partial charge in [-0.1, -0.05) is 12.1 Å². The fourth-order valence-corrected chi connectivity index (χ4v) is 2.95. The van der Waals surface area contributed by atoms with E-state index in [9.17, 15) is 8.42 Å². The maximum Gasteiger partial charge on any atom is 0.175 e. The molecular weight excluding hydrogens is 280 g/mol. The zero-order valence-corrected chi connectivity index (χ0v) is 12.5. The van der Waals surface area contributed by atoms with Crippen LogP contribution in [-0.4, -0.2) is 19.7 Å². The summed E-state index contributed by atoms with van der Waals surface area (Å²) < 4.78 is 22.7. The lowest BCUT2D eigenvalue weighted by molar-refractivity contribution is 0.581. The summed E-state index contributed by atoms with van der Waals surface area (Å²) in [5, 5.41) is 3.38. The molecule has 0 saturated heterocycles. The third-order valence-corrected chi connectivity index (χ3v) is 4.93. The van der Waals surface area contributed by atoms with Gasteiger partial charge in [0, 0.05) is 29.9 Å². The van der Waals surface area contributed by atoms with Gasteiger partial charge in [-0.3, -0.25) is 4.98 Å². The maximum absolute atomic E-state index is 11.3. The van der Waals surface area contributed by atoms with Gasteiger partial charge in [-0.2, -0.15) is 0 Å². The van der Waals surface area contributed by atoms with Crippen LogP contribution in [0.3, 0.4) is 0 Å². The molecular formula is C13H16N2O2S2. The predicted octanol–water partition coefficient (Wildman–Crippen LogP) is 2.40. The summed E-state index contributed by atoms with van der Waals surface area (Å²) in [5.74, 6) is 0. The lowest BCUT2D eigenvalue weighted by atomic mass is 10.2. The van der Waals surface area contributed by atoms with E-state index >= 15 is 0 Å². The summed E-state index contributed by atoms with van der Waals surface area (Å²) in [4.78, 5) is 5.59. The minimum Gasteiger partial charge on any atom is -0.305 e. The minimum atomic E-state index is -3.11. The van der Waals surface area contributed by atoms with Crippen molar-refractivity contribution >= 4 is 21.2 Å². The van der Waals surface area contributed by atoms with Crippen LogP contribution >= 0.6 is 11.3 Å². The van der Waals surface area contributed by atoms with Gasteiger partial charge >= 0.3 is 0 Å². The van der Waals surface area contributed by atoms with Crippen LogP contribution in [0.25, 0.3) is 0 Å². The largest absolute Gasteiger partial charge is 0.305 e. The average molecular weight is 296 g/mol.